The molecule has 0 spiro atoms. The molecule has 110 valence electrons. The summed E-state index contributed by atoms with van der Waals surface area (Å²) in [5.74, 6) is 2.19. The summed E-state index contributed by atoms with van der Waals surface area (Å²) < 4.78 is 4.75. The Morgan fingerprint density at radius 2 is 2.45 bits per heavy atom. The molecule has 7 nitrogen and oxygen atoms in total. The Kier molecular flexibility index (Phi) is 8.26. The normalized spacial score (nSPS) is 11.4. The molecule has 20 heavy (non-hydrogen) atoms. The number of nitrogens with one attached hydrogen (secondary N) is 2. The molecule has 1 aromatic heterocycles. The zero-order valence-electron chi connectivity index (χ0n) is 11.8. The highest BCUT2D eigenvalue weighted by molar-refractivity contribution is 7.98. The molecule has 0 aromatic carbocycles. The predicted molar refractivity (Wildman–Crippen MR) is 80.3 cm³/mol. The van der Waals surface area contributed by atoms with Crippen LogP contribution in [0.1, 0.15) is 5.69 Å². The molecule has 0 saturated carbocycles. The molecule has 0 bridgehead atoms. The highest BCUT2D eigenvalue weighted by Gasteiger charge is 1.99. The Labute approximate surface area is 123 Å². The fraction of sp³-hybridized carbons (Fsp3) is 0.583. The van der Waals surface area contributed by atoms with E-state index < -0.39 is 0 Å². The van der Waals surface area contributed by atoms with Crippen LogP contribution in [0.3, 0.4) is 0 Å². The van der Waals surface area contributed by atoms with Gasteiger partial charge in [-0.15, -0.1) is 0 Å². The molecule has 0 saturated heterocycles. The lowest BCUT2D eigenvalue weighted by Crippen LogP contribution is -2.38. The minimum absolute atomic E-state index is 0.524. The van der Waals surface area contributed by atoms with Crippen molar-refractivity contribution in [2.24, 2.45) is 4.99 Å². The van der Waals surface area contributed by atoms with E-state index in [1.54, 1.807) is 18.0 Å². The van der Waals surface area contributed by atoms with Gasteiger partial charge in [0.1, 0.15) is 6.26 Å². The van der Waals surface area contributed by atoms with Gasteiger partial charge in [-0.1, -0.05) is 5.16 Å². The number of aliphatic imine (C=N–C) groups is 1. The van der Waals surface area contributed by atoms with Gasteiger partial charge in [-0.3, -0.25) is 10.3 Å². The van der Waals surface area contributed by atoms with Crippen LogP contribution < -0.4 is 10.6 Å². The average molecular weight is 296 g/mol. The number of nitrogens with zero attached hydrogens (tertiary/aromatic N) is 4. The van der Waals surface area contributed by atoms with E-state index in [0.717, 1.165) is 30.3 Å². The molecule has 0 fully saturated rings. The number of guanidine groups is 1. The third-order valence-corrected chi connectivity index (χ3v) is 3.24. The van der Waals surface area contributed by atoms with Crippen LogP contribution in [0.15, 0.2) is 21.8 Å². The second-order valence-electron chi connectivity index (χ2n) is 4.24. The van der Waals surface area contributed by atoms with Crippen molar-refractivity contribution in [1.82, 2.24) is 20.7 Å². The maximum atomic E-state index is 8.66. The van der Waals surface area contributed by atoms with E-state index in [0.29, 0.717) is 12.5 Å². The topological polar surface area (TPSA) is 89.5 Å². The van der Waals surface area contributed by atoms with Crippen molar-refractivity contribution in [3.63, 3.8) is 0 Å². The number of aromatic nitrogens is 1. The summed E-state index contributed by atoms with van der Waals surface area (Å²) in [5.41, 5.74) is 0.929. The number of rotatable bonds is 8. The van der Waals surface area contributed by atoms with Crippen molar-refractivity contribution in [2.45, 2.75) is 5.75 Å². The van der Waals surface area contributed by atoms with E-state index in [1.165, 1.54) is 0 Å². The number of hydrogen-bond donors (Lipinski definition) is 2. The number of likely N-dealkylation sites (N-methyl/N-ethyl adjacent to an activating group) is 1. The van der Waals surface area contributed by atoms with Gasteiger partial charge in [0.05, 0.1) is 12.2 Å². The maximum absolute atomic E-state index is 8.66. The van der Waals surface area contributed by atoms with Crippen molar-refractivity contribution in [3.8, 4) is 6.19 Å². The third kappa shape index (κ3) is 7.66. The number of nitriles is 1. The molecule has 0 unspecified atom stereocenters. The third-order valence-electron chi connectivity index (χ3n) is 2.27. The van der Waals surface area contributed by atoms with Crippen LogP contribution in [0.2, 0.25) is 0 Å². The second-order valence-corrected chi connectivity index (χ2v) is 5.35. The van der Waals surface area contributed by atoms with Gasteiger partial charge in [-0.2, -0.15) is 17.0 Å². The summed E-state index contributed by atoms with van der Waals surface area (Å²) in [5, 5.41) is 18.1. The fourth-order valence-electron chi connectivity index (χ4n) is 1.30. The van der Waals surface area contributed by atoms with Crippen molar-refractivity contribution < 1.29 is 4.52 Å². The molecule has 1 rings (SSSR count). The molecular weight excluding hydrogens is 276 g/mol. The molecule has 0 radical (unpaired) electrons. The van der Waals surface area contributed by atoms with E-state index >= 15 is 0 Å². The van der Waals surface area contributed by atoms with Crippen LogP contribution in [0, 0.1) is 11.5 Å². The highest BCUT2D eigenvalue weighted by Crippen LogP contribution is 2.09. The van der Waals surface area contributed by atoms with Gasteiger partial charge in [0, 0.05) is 30.7 Å². The average Bonchev–Trinajstić information content (AvgIpc) is 2.91. The van der Waals surface area contributed by atoms with Crippen LogP contribution >= 0.6 is 11.8 Å². The number of hydrogen-bond acceptors (Lipinski definition) is 6. The van der Waals surface area contributed by atoms with E-state index in [4.69, 9.17) is 9.78 Å². The first-order valence-electron chi connectivity index (χ1n) is 6.27. The summed E-state index contributed by atoms with van der Waals surface area (Å²) in [6.07, 6.45) is 3.45. The lowest BCUT2D eigenvalue weighted by molar-refractivity contribution is 0.412. The highest BCUT2D eigenvalue weighted by atomic mass is 32.2. The van der Waals surface area contributed by atoms with Gasteiger partial charge in [-0.25, -0.2) is 0 Å². The summed E-state index contributed by atoms with van der Waals surface area (Å²) in [6.45, 7) is 2.27. The molecule has 1 heterocycles. The van der Waals surface area contributed by atoms with Crippen molar-refractivity contribution in [3.05, 3.63) is 18.0 Å². The largest absolute Gasteiger partial charge is 0.364 e. The minimum atomic E-state index is 0.524. The molecule has 0 amide bonds. The van der Waals surface area contributed by atoms with E-state index in [9.17, 15) is 0 Å². The summed E-state index contributed by atoms with van der Waals surface area (Å²) in [6, 6.07) is 1.85. The van der Waals surface area contributed by atoms with Crippen molar-refractivity contribution in [2.75, 3.05) is 39.5 Å². The first kappa shape index (κ1) is 16.3. The summed E-state index contributed by atoms with van der Waals surface area (Å²) >= 11 is 1.72. The van der Waals surface area contributed by atoms with E-state index in [2.05, 4.69) is 25.7 Å². The lowest BCUT2D eigenvalue weighted by atomic mass is 10.5. The van der Waals surface area contributed by atoms with Gasteiger partial charge in [0.25, 0.3) is 0 Å². The first-order chi connectivity index (χ1) is 9.72. The monoisotopic (exact) mass is 296 g/mol. The first-order valence-corrected chi connectivity index (χ1v) is 7.43. The Balaban J connectivity index is 2.19. The Hall–Kier alpha value is -1.72. The van der Waals surface area contributed by atoms with Gasteiger partial charge in [-0.05, 0) is 14.1 Å². The fourth-order valence-corrected chi connectivity index (χ4v) is 2.02. The molecule has 0 aliphatic carbocycles. The van der Waals surface area contributed by atoms with Crippen LogP contribution in [0.5, 0.6) is 0 Å². The minimum Gasteiger partial charge on any atom is -0.364 e. The molecule has 0 aliphatic heterocycles. The summed E-state index contributed by atoms with van der Waals surface area (Å²) in [4.78, 5) is 6.38. The molecule has 2 N–H and O–H groups in total. The molecule has 1 aromatic rings. The predicted octanol–water partition coefficient (Wildman–Crippen LogP) is 0.486. The zero-order valence-corrected chi connectivity index (χ0v) is 12.6. The van der Waals surface area contributed by atoms with Gasteiger partial charge < -0.3 is 14.7 Å². The van der Waals surface area contributed by atoms with Gasteiger partial charge in [0.2, 0.25) is 5.96 Å². The SMILES string of the molecule is CN(C)CCN/C(=N/CCSCc1ccon1)NC#N. The van der Waals surface area contributed by atoms with Gasteiger partial charge in [0.15, 0.2) is 6.19 Å². The lowest BCUT2D eigenvalue weighted by Gasteiger charge is -2.11. The quantitative estimate of drug-likeness (QED) is 0.237. The van der Waals surface area contributed by atoms with Gasteiger partial charge >= 0.3 is 0 Å². The van der Waals surface area contributed by atoms with Crippen LogP contribution in [0.25, 0.3) is 0 Å². The second kappa shape index (κ2) is 10.1. The Morgan fingerprint density at radius 1 is 1.60 bits per heavy atom. The molecule has 0 atom stereocenters. The van der Waals surface area contributed by atoms with E-state index in [-0.39, 0.29) is 0 Å². The van der Waals surface area contributed by atoms with E-state index in [1.807, 2.05) is 26.4 Å². The maximum Gasteiger partial charge on any atom is 0.204 e. The Bertz CT molecular complexity index is 426. The molecule has 8 heteroatoms. The van der Waals surface area contributed by atoms with Crippen LogP contribution in [-0.4, -0.2) is 55.5 Å². The van der Waals surface area contributed by atoms with Crippen LogP contribution in [0.4, 0.5) is 0 Å². The van der Waals surface area contributed by atoms with Crippen LogP contribution in [-0.2, 0) is 5.75 Å². The van der Waals surface area contributed by atoms with Crippen molar-refractivity contribution in [1.29, 1.82) is 5.26 Å². The van der Waals surface area contributed by atoms with Crippen molar-refractivity contribution >= 4 is 17.7 Å². The summed E-state index contributed by atoms with van der Waals surface area (Å²) in [7, 11) is 3.99. The smallest absolute Gasteiger partial charge is 0.204 e. The molecule has 0 aliphatic rings. The Morgan fingerprint density at radius 3 is 3.10 bits per heavy atom. The zero-order chi connectivity index (χ0) is 14.6. The molecular formula is C12H20N6OS. The number of thioether (sulfide) groups is 1. The standard InChI is InChI=1S/C12H20N6OS/c1-18(2)6-4-14-12(16-10-13)15-5-8-20-9-11-3-7-19-17-11/h3,7H,4-6,8-9H2,1-2H3,(H2,14,15,16).